The minimum Gasteiger partial charge on any atom is -0.547 e. The minimum absolute atomic E-state index is 0.0447. The van der Waals surface area contributed by atoms with Crippen LogP contribution in [0.15, 0.2) is 42.2 Å². The second-order valence-electron chi connectivity index (χ2n) is 9.45. The number of benzene rings is 1. The number of rotatable bonds is 6. The van der Waals surface area contributed by atoms with E-state index in [0.29, 0.717) is 6.42 Å². The van der Waals surface area contributed by atoms with Gasteiger partial charge in [-0.2, -0.15) is 0 Å². The van der Waals surface area contributed by atoms with Crippen molar-refractivity contribution < 1.29 is 9.22 Å². The number of allylic oxidation sites excluding steroid dienone is 2. The highest BCUT2D eigenvalue weighted by atomic mass is 32.2. The molecular weight excluding hydrogens is 356 g/mol. The van der Waals surface area contributed by atoms with Crippen molar-refractivity contribution in [1.29, 1.82) is 0 Å². The fourth-order valence-corrected chi connectivity index (χ4v) is 4.53. The predicted molar refractivity (Wildman–Crippen MR) is 118 cm³/mol. The van der Waals surface area contributed by atoms with Crippen LogP contribution in [0.5, 0.6) is 0 Å². The third-order valence-electron chi connectivity index (χ3n) is 4.69. The van der Waals surface area contributed by atoms with Crippen LogP contribution in [0.4, 0.5) is 0 Å². The molecule has 0 heterocycles. The van der Waals surface area contributed by atoms with Crippen LogP contribution in [0.2, 0.25) is 18.1 Å². The zero-order valence-electron chi connectivity index (χ0n) is 18.0. The third kappa shape index (κ3) is 7.71. The van der Waals surface area contributed by atoms with Crippen molar-refractivity contribution >= 4 is 25.2 Å². The molecule has 0 amide bonds. The van der Waals surface area contributed by atoms with Gasteiger partial charge in [-0.05, 0) is 36.7 Å². The molecule has 1 aromatic rings. The highest BCUT2D eigenvalue weighted by molar-refractivity contribution is 8.14. The van der Waals surface area contributed by atoms with Crippen molar-refractivity contribution in [3.05, 3.63) is 47.7 Å². The van der Waals surface area contributed by atoms with Crippen LogP contribution in [-0.2, 0) is 9.22 Å². The van der Waals surface area contributed by atoms with Gasteiger partial charge in [-0.1, -0.05) is 83.6 Å². The first-order chi connectivity index (χ1) is 11.7. The Morgan fingerprint density at radius 1 is 1.12 bits per heavy atom. The summed E-state index contributed by atoms with van der Waals surface area (Å²) in [6, 6.07) is 10.3. The molecule has 0 fully saturated rings. The Morgan fingerprint density at radius 3 is 2.12 bits per heavy atom. The van der Waals surface area contributed by atoms with Crippen molar-refractivity contribution in [2.45, 2.75) is 83.7 Å². The molecule has 1 rings (SSSR count). The lowest BCUT2D eigenvalue weighted by atomic mass is 9.95. The van der Waals surface area contributed by atoms with Gasteiger partial charge in [0, 0.05) is 17.1 Å². The molecule has 0 saturated heterocycles. The van der Waals surface area contributed by atoms with Crippen LogP contribution in [-0.4, -0.2) is 18.2 Å². The summed E-state index contributed by atoms with van der Waals surface area (Å²) in [6.45, 7) is 19.5. The van der Waals surface area contributed by atoms with Gasteiger partial charge in [0.25, 0.3) is 0 Å². The first-order valence-electron chi connectivity index (χ1n) is 9.35. The Labute approximate surface area is 165 Å². The lowest BCUT2D eigenvalue weighted by molar-refractivity contribution is -0.111. The van der Waals surface area contributed by atoms with Crippen LogP contribution < -0.4 is 0 Å². The van der Waals surface area contributed by atoms with Crippen LogP contribution in [0.25, 0.3) is 0 Å². The first-order valence-corrected chi connectivity index (χ1v) is 13.1. The van der Waals surface area contributed by atoms with Gasteiger partial charge in [-0.25, -0.2) is 0 Å². The lowest BCUT2D eigenvalue weighted by Gasteiger charge is -2.37. The van der Waals surface area contributed by atoms with Gasteiger partial charge in [0.05, 0.1) is 5.76 Å². The monoisotopic (exact) mass is 392 g/mol. The molecule has 0 aliphatic heterocycles. The van der Waals surface area contributed by atoms with Gasteiger partial charge < -0.3 is 4.43 Å². The van der Waals surface area contributed by atoms with E-state index in [4.69, 9.17) is 4.43 Å². The van der Waals surface area contributed by atoms with Crippen molar-refractivity contribution in [3.8, 4) is 0 Å². The maximum atomic E-state index is 12.6. The molecule has 1 unspecified atom stereocenters. The zero-order chi connectivity index (χ0) is 20.2. The van der Waals surface area contributed by atoms with Crippen molar-refractivity contribution in [2.24, 2.45) is 0 Å². The van der Waals surface area contributed by atoms with Gasteiger partial charge >= 0.3 is 0 Å². The van der Waals surface area contributed by atoms with Crippen LogP contribution in [0, 0.1) is 0 Å². The van der Waals surface area contributed by atoms with Gasteiger partial charge in [0.1, 0.15) is 0 Å². The molecule has 0 N–H and O–H groups in total. The van der Waals surface area contributed by atoms with Gasteiger partial charge in [-0.15, -0.1) is 0 Å². The number of hydrogen-bond donors (Lipinski definition) is 0. The van der Waals surface area contributed by atoms with E-state index < -0.39 is 8.32 Å². The van der Waals surface area contributed by atoms with E-state index in [1.165, 1.54) is 11.8 Å². The number of thioether (sulfide) groups is 1. The molecule has 0 radical (unpaired) electrons. The summed E-state index contributed by atoms with van der Waals surface area (Å²) in [7, 11) is -1.87. The Kier molecular flexibility index (Phi) is 7.79. The van der Waals surface area contributed by atoms with E-state index in [-0.39, 0.29) is 20.8 Å². The zero-order valence-corrected chi connectivity index (χ0v) is 19.8. The summed E-state index contributed by atoms with van der Waals surface area (Å²) in [4.78, 5) is 12.6. The quantitative estimate of drug-likeness (QED) is 0.380. The summed E-state index contributed by atoms with van der Waals surface area (Å²) < 4.78 is 6.36. The SMILES string of the molecule is CC(=CC(CC(=O)SC(C)(C)C)c1ccccc1)O[Si](C)(C)C(C)(C)C. The molecular formula is C22H36O2SSi. The second kappa shape index (κ2) is 8.79. The van der Waals surface area contributed by atoms with Crippen molar-refractivity contribution in [3.63, 3.8) is 0 Å². The van der Waals surface area contributed by atoms with Crippen LogP contribution in [0.3, 0.4) is 0 Å². The van der Waals surface area contributed by atoms with Crippen molar-refractivity contribution in [2.75, 3.05) is 0 Å². The predicted octanol–water partition coefficient (Wildman–Crippen LogP) is 7.14. The van der Waals surface area contributed by atoms with E-state index in [2.05, 4.69) is 72.8 Å². The highest BCUT2D eigenvalue weighted by Crippen LogP contribution is 2.38. The molecule has 1 aromatic carbocycles. The number of carbonyl (C=O) groups excluding carboxylic acids is 1. The molecule has 0 saturated carbocycles. The van der Waals surface area contributed by atoms with E-state index >= 15 is 0 Å². The van der Waals surface area contributed by atoms with Crippen LogP contribution in [0.1, 0.15) is 66.4 Å². The standard InChI is InChI=1S/C22H36O2SSi/c1-17(24-26(8,9)22(5,6)7)15-19(18-13-11-10-12-14-18)16-20(23)25-21(2,3)4/h10-15,19H,16H2,1-9H3. The molecule has 0 spiro atoms. The van der Waals surface area contributed by atoms with E-state index in [1.54, 1.807) is 0 Å². The first kappa shape index (κ1) is 23.0. The van der Waals surface area contributed by atoms with E-state index in [0.717, 1.165) is 11.3 Å². The summed E-state index contributed by atoms with van der Waals surface area (Å²) >= 11 is 1.42. The van der Waals surface area contributed by atoms with E-state index in [1.807, 2.05) is 25.1 Å². The fraction of sp³-hybridized carbons (Fsp3) is 0.591. The average Bonchev–Trinajstić information content (AvgIpc) is 2.43. The maximum Gasteiger partial charge on any atom is 0.250 e. The molecule has 0 aromatic heterocycles. The largest absolute Gasteiger partial charge is 0.547 e. The lowest BCUT2D eigenvalue weighted by Crippen LogP contribution is -2.40. The summed E-state index contributed by atoms with van der Waals surface area (Å²) in [6.07, 6.45) is 2.63. The molecule has 2 nitrogen and oxygen atoms in total. The molecule has 4 heteroatoms. The molecule has 0 aliphatic carbocycles. The normalized spacial score (nSPS) is 14.9. The van der Waals surface area contributed by atoms with Crippen LogP contribution >= 0.6 is 11.8 Å². The number of hydrogen-bond acceptors (Lipinski definition) is 3. The minimum atomic E-state index is -1.87. The number of carbonyl (C=O) groups is 1. The van der Waals surface area contributed by atoms with E-state index in [9.17, 15) is 4.79 Å². The second-order valence-corrected chi connectivity index (χ2v) is 16.1. The van der Waals surface area contributed by atoms with Gasteiger partial charge in [-0.3, -0.25) is 4.79 Å². The Morgan fingerprint density at radius 2 is 1.65 bits per heavy atom. The smallest absolute Gasteiger partial charge is 0.250 e. The highest BCUT2D eigenvalue weighted by Gasteiger charge is 2.39. The van der Waals surface area contributed by atoms with Gasteiger partial charge in [0.2, 0.25) is 8.32 Å². The molecule has 0 bridgehead atoms. The molecule has 26 heavy (non-hydrogen) atoms. The van der Waals surface area contributed by atoms with Gasteiger partial charge in [0.15, 0.2) is 5.12 Å². The topological polar surface area (TPSA) is 26.3 Å². The summed E-state index contributed by atoms with van der Waals surface area (Å²) in [5.41, 5.74) is 1.16. The third-order valence-corrected chi connectivity index (χ3v) is 10.1. The average molecular weight is 393 g/mol. The summed E-state index contributed by atoms with van der Waals surface area (Å²) in [5, 5.41) is 0.380. The molecule has 146 valence electrons. The Balaban J connectivity index is 3.04. The maximum absolute atomic E-state index is 12.6. The molecule has 1 atom stereocenters. The summed E-state index contributed by atoms with van der Waals surface area (Å²) in [5.74, 6) is 0.974. The Hall–Kier alpha value is -1.00. The Bertz CT molecular complexity index is 622. The molecule has 0 aliphatic rings. The van der Waals surface area contributed by atoms with Crippen molar-refractivity contribution in [1.82, 2.24) is 0 Å². The fourth-order valence-electron chi connectivity index (χ4n) is 2.41.